The molecule has 2 atom stereocenters. The molecule has 1 aromatic heterocycles. The number of pyridine rings is 1. The highest BCUT2D eigenvalue weighted by molar-refractivity contribution is 6.36. The lowest BCUT2D eigenvalue weighted by Gasteiger charge is -2.16. The van der Waals surface area contributed by atoms with Crippen molar-refractivity contribution in [2.75, 3.05) is 0 Å². The molecule has 9 heteroatoms. The number of carboxylic acid groups (broad SMARTS) is 1. The van der Waals surface area contributed by atoms with Crippen LogP contribution in [0.25, 0.3) is 0 Å². The topological polar surface area (TPSA) is 99.5 Å². The Bertz CT molecular complexity index is 1100. The van der Waals surface area contributed by atoms with Crippen molar-refractivity contribution in [2.45, 2.75) is 25.0 Å². The summed E-state index contributed by atoms with van der Waals surface area (Å²) < 4.78 is 0. The van der Waals surface area contributed by atoms with E-state index < -0.39 is 24.0 Å². The van der Waals surface area contributed by atoms with E-state index in [9.17, 15) is 19.8 Å². The maximum absolute atomic E-state index is 12.4. The van der Waals surface area contributed by atoms with Gasteiger partial charge in [-0.3, -0.25) is 4.79 Å². The number of aliphatic hydroxyl groups is 1. The second-order valence-electron chi connectivity index (χ2n) is 7.08. The van der Waals surface area contributed by atoms with Crippen LogP contribution in [0.2, 0.25) is 15.2 Å². The van der Waals surface area contributed by atoms with E-state index in [1.54, 1.807) is 48.5 Å². The quantitative estimate of drug-likeness (QED) is 0.394. The number of carboxylic acids is 1. The van der Waals surface area contributed by atoms with Crippen LogP contribution >= 0.6 is 34.8 Å². The van der Waals surface area contributed by atoms with Crippen LogP contribution in [0, 0.1) is 0 Å². The lowest BCUT2D eigenvalue weighted by molar-refractivity contribution is -0.139. The van der Waals surface area contributed by atoms with Gasteiger partial charge in [-0.2, -0.15) is 0 Å². The van der Waals surface area contributed by atoms with Crippen molar-refractivity contribution >= 4 is 46.7 Å². The summed E-state index contributed by atoms with van der Waals surface area (Å²) in [5.74, 6) is -1.79. The van der Waals surface area contributed by atoms with Crippen LogP contribution in [0.3, 0.4) is 0 Å². The Morgan fingerprint density at radius 2 is 1.50 bits per heavy atom. The molecule has 0 saturated heterocycles. The van der Waals surface area contributed by atoms with Crippen LogP contribution in [0.1, 0.15) is 33.2 Å². The summed E-state index contributed by atoms with van der Waals surface area (Å²) in [4.78, 5) is 27.9. The predicted octanol–water partition coefficient (Wildman–Crippen LogP) is 4.74. The van der Waals surface area contributed by atoms with Gasteiger partial charge in [-0.05, 0) is 35.4 Å². The van der Waals surface area contributed by atoms with E-state index in [1.165, 1.54) is 12.3 Å². The Morgan fingerprint density at radius 1 is 0.906 bits per heavy atom. The summed E-state index contributed by atoms with van der Waals surface area (Å²) in [5, 5.41) is 23.3. The van der Waals surface area contributed by atoms with Gasteiger partial charge >= 0.3 is 5.97 Å². The van der Waals surface area contributed by atoms with Gasteiger partial charge in [0.1, 0.15) is 11.2 Å². The molecule has 0 spiro atoms. The van der Waals surface area contributed by atoms with Gasteiger partial charge < -0.3 is 15.5 Å². The minimum Gasteiger partial charge on any atom is -0.480 e. The Balaban J connectivity index is 1.67. The molecule has 0 radical (unpaired) electrons. The summed E-state index contributed by atoms with van der Waals surface area (Å²) in [7, 11) is 0. The summed E-state index contributed by atoms with van der Waals surface area (Å²) in [6.45, 7) is 0. The third-order valence-corrected chi connectivity index (χ3v) is 5.79. The van der Waals surface area contributed by atoms with Crippen LogP contribution in [0.15, 0.2) is 60.8 Å². The van der Waals surface area contributed by atoms with E-state index in [2.05, 4.69) is 10.3 Å². The number of amides is 1. The number of aromatic nitrogens is 1. The van der Waals surface area contributed by atoms with Crippen molar-refractivity contribution in [3.63, 3.8) is 0 Å². The third kappa shape index (κ3) is 5.99. The van der Waals surface area contributed by atoms with Crippen LogP contribution in [-0.2, 0) is 17.6 Å². The molecule has 166 valence electrons. The Labute approximate surface area is 199 Å². The molecule has 32 heavy (non-hydrogen) atoms. The minimum absolute atomic E-state index is 0.00401. The number of carbonyl (C=O) groups is 2. The molecule has 6 nitrogen and oxygen atoms in total. The number of hydrogen-bond acceptors (Lipinski definition) is 4. The SMILES string of the molecule is O=C(NC(Cc1ccc(CC(O)c2c(Cl)cccc2Cl)cc1)C(=O)O)c1cccnc1Cl. The van der Waals surface area contributed by atoms with Gasteiger partial charge in [-0.15, -0.1) is 0 Å². The van der Waals surface area contributed by atoms with Gasteiger partial charge in [0.05, 0.1) is 11.7 Å². The number of rotatable bonds is 8. The second kappa shape index (κ2) is 10.8. The van der Waals surface area contributed by atoms with Crippen molar-refractivity contribution < 1.29 is 19.8 Å². The Kier molecular flexibility index (Phi) is 8.10. The number of aliphatic carboxylic acids is 1. The number of nitrogens with one attached hydrogen (secondary N) is 1. The lowest BCUT2D eigenvalue weighted by Crippen LogP contribution is -2.42. The minimum atomic E-state index is -1.17. The highest BCUT2D eigenvalue weighted by Gasteiger charge is 2.23. The van der Waals surface area contributed by atoms with Gasteiger partial charge in [0.25, 0.3) is 5.91 Å². The molecule has 3 rings (SSSR count). The van der Waals surface area contributed by atoms with Crippen molar-refractivity contribution in [3.05, 3.63) is 98.2 Å². The molecule has 1 amide bonds. The molecule has 3 N–H and O–H groups in total. The smallest absolute Gasteiger partial charge is 0.326 e. The maximum atomic E-state index is 12.4. The zero-order chi connectivity index (χ0) is 23.3. The molecule has 0 saturated carbocycles. The monoisotopic (exact) mass is 492 g/mol. The van der Waals surface area contributed by atoms with Crippen molar-refractivity contribution in [1.82, 2.24) is 10.3 Å². The van der Waals surface area contributed by atoms with E-state index in [0.717, 1.165) is 5.56 Å². The summed E-state index contributed by atoms with van der Waals surface area (Å²) in [6.07, 6.45) is 0.893. The fraction of sp³-hybridized carbons (Fsp3) is 0.174. The van der Waals surface area contributed by atoms with Gasteiger partial charge in [-0.1, -0.05) is 65.1 Å². The number of benzene rings is 2. The summed E-state index contributed by atoms with van der Waals surface area (Å²) >= 11 is 18.2. The first-order valence-electron chi connectivity index (χ1n) is 9.60. The normalized spacial score (nSPS) is 12.8. The summed E-state index contributed by atoms with van der Waals surface area (Å²) in [5.41, 5.74) is 2.07. The highest BCUT2D eigenvalue weighted by atomic mass is 35.5. The Morgan fingerprint density at radius 3 is 2.06 bits per heavy atom. The largest absolute Gasteiger partial charge is 0.480 e. The number of nitrogens with zero attached hydrogens (tertiary/aromatic N) is 1. The van der Waals surface area contributed by atoms with Crippen LogP contribution in [-0.4, -0.2) is 33.1 Å². The van der Waals surface area contributed by atoms with Crippen molar-refractivity contribution in [3.8, 4) is 0 Å². The van der Waals surface area contributed by atoms with E-state index in [0.29, 0.717) is 21.2 Å². The molecule has 1 heterocycles. The number of aliphatic hydroxyl groups excluding tert-OH is 1. The van der Waals surface area contributed by atoms with Crippen LogP contribution in [0.5, 0.6) is 0 Å². The van der Waals surface area contributed by atoms with Gasteiger partial charge in [0, 0.05) is 34.6 Å². The average Bonchev–Trinajstić information content (AvgIpc) is 2.74. The molecule has 0 fully saturated rings. The summed E-state index contributed by atoms with van der Waals surface area (Å²) in [6, 6.07) is 13.9. The zero-order valence-electron chi connectivity index (χ0n) is 16.6. The average molecular weight is 494 g/mol. The predicted molar refractivity (Wildman–Crippen MR) is 123 cm³/mol. The number of halogens is 3. The zero-order valence-corrected chi connectivity index (χ0v) is 18.9. The maximum Gasteiger partial charge on any atom is 0.326 e. The molecular weight excluding hydrogens is 475 g/mol. The fourth-order valence-corrected chi connectivity index (χ4v) is 4.05. The van der Waals surface area contributed by atoms with E-state index in [1.807, 2.05) is 0 Å². The molecule has 0 aliphatic heterocycles. The van der Waals surface area contributed by atoms with E-state index in [-0.39, 0.29) is 23.6 Å². The molecule has 2 unspecified atom stereocenters. The van der Waals surface area contributed by atoms with Gasteiger partial charge in [0.15, 0.2) is 0 Å². The van der Waals surface area contributed by atoms with E-state index in [4.69, 9.17) is 34.8 Å². The van der Waals surface area contributed by atoms with E-state index >= 15 is 0 Å². The third-order valence-electron chi connectivity index (χ3n) is 4.83. The lowest BCUT2D eigenvalue weighted by atomic mass is 9.98. The first kappa shape index (κ1) is 24.0. The molecule has 2 aromatic carbocycles. The van der Waals surface area contributed by atoms with Crippen molar-refractivity contribution in [2.24, 2.45) is 0 Å². The molecule has 3 aromatic rings. The molecule has 0 aliphatic rings. The number of carbonyl (C=O) groups excluding carboxylic acids is 1. The van der Waals surface area contributed by atoms with Gasteiger partial charge in [0.2, 0.25) is 0 Å². The molecule has 0 aliphatic carbocycles. The first-order valence-corrected chi connectivity index (χ1v) is 10.7. The Hall–Kier alpha value is -2.64. The highest BCUT2D eigenvalue weighted by Crippen LogP contribution is 2.32. The fourth-order valence-electron chi connectivity index (χ4n) is 3.19. The molecule has 0 bridgehead atoms. The van der Waals surface area contributed by atoms with Crippen LogP contribution in [0.4, 0.5) is 0 Å². The van der Waals surface area contributed by atoms with Gasteiger partial charge in [-0.25, -0.2) is 9.78 Å². The first-order chi connectivity index (χ1) is 15.3. The number of hydrogen-bond donors (Lipinski definition) is 3. The second-order valence-corrected chi connectivity index (χ2v) is 8.25. The standard InChI is InChI=1S/C23H19Cl3N2O4/c24-16-4-1-5-17(25)20(16)19(29)12-14-8-6-13(7-9-14)11-18(23(31)32)28-22(30)15-3-2-10-27-21(15)26/h1-10,18-19,29H,11-12H2,(H,28,30)(H,31,32). The van der Waals surface area contributed by atoms with Crippen molar-refractivity contribution in [1.29, 1.82) is 0 Å². The van der Waals surface area contributed by atoms with Crippen LogP contribution < -0.4 is 5.32 Å². The molecular formula is C23H19Cl3N2O4.